The maximum absolute atomic E-state index is 5.53. The molecule has 0 radical (unpaired) electrons. The van der Waals surface area contributed by atoms with Crippen LogP contribution in [0, 0.1) is 0 Å². The van der Waals surface area contributed by atoms with Gasteiger partial charge in [-0.15, -0.1) is 0 Å². The number of fused-ring (bicyclic) bond motifs is 5. The Hall–Kier alpha value is -9.07. The quantitative estimate of drug-likeness (QED) is 0.159. The van der Waals surface area contributed by atoms with E-state index in [2.05, 4.69) is 188 Å². The minimum Gasteiger partial charge on any atom is -0.294 e. The van der Waals surface area contributed by atoms with Gasteiger partial charge in [0.25, 0.3) is 0 Å². The normalized spacial score (nSPS) is 11.9. The second kappa shape index (κ2) is 15.3. The van der Waals surface area contributed by atoms with Gasteiger partial charge in [-0.1, -0.05) is 109 Å². The van der Waals surface area contributed by atoms with Crippen LogP contribution in [-0.4, -0.2) is 29.5 Å². The molecule has 12 aromatic rings. The summed E-state index contributed by atoms with van der Waals surface area (Å²) in [6, 6.07) is 66.7. The monoisotopic (exact) mass is 843 g/mol. The number of benzene rings is 6. The van der Waals surface area contributed by atoms with Gasteiger partial charge in [0.05, 0.1) is 33.8 Å². The Balaban J connectivity index is 1.14. The molecule has 0 saturated carbocycles. The summed E-state index contributed by atoms with van der Waals surface area (Å²) in [6.45, 7) is 0. The van der Waals surface area contributed by atoms with Crippen molar-refractivity contribution in [1.29, 1.82) is 0 Å². The molecule has 66 heavy (non-hydrogen) atoms. The number of rotatable bonds is 7. The summed E-state index contributed by atoms with van der Waals surface area (Å²) in [5.74, 6) is 1.60. The Morgan fingerprint density at radius 1 is 0.333 bits per heavy atom. The fourth-order valence-corrected chi connectivity index (χ4v) is 9.70. The first-order chi connectivity index (χ1) is 32.7. The lowest BCUT2D eigenvalue weighted by Gasteiger charge is -2.33. The molecule has 0 fully saturated rings. The topological polar surface area (TPSA) is 72.6 Å². The van der Waals surface area contributed by atoms with Crippen molar-refractivity contribution in [3.63, 3.8) is 0 Å². The molecular weight excluding hydrogens is 807 g/mol. The van der Waals surface area contributed by atoms with Crippen LogP contribution in [0.5, 0.6) is 0 Å². The molecule has 1 aliphatic rings. The summed E-state index contributed by atoms with van der Waals surface area (Å²) in [6.07, 6.45) is 11.1. The average Bonchev–Trinajstić information content (AvgIpc) is 3.72. The van der Waals surface area contributed by atoms with Crippen molar-refractivity contribution in [3.8, 4) is 72.8 Å². The van der Waals surface area contributed by atoms with Crippen LogP contribution < -0.4 is 4.90 Å². The van der Waals surface area contributed by atoms with E-state index in [0.717, 1.165) is 106 Å². The number of pyridine rings is 5. The van der Waals surface area contributed by atoms with E-state index >= 15 is 0 Å². The molecular formula is C59H37N7. The molecule has 6 aromatic carbocycles. The molecule has 0 saturated heterocycles. The summed E-state index contributed by atoms with van der Waals surface area (Å²) in [7, 11) is 0. The highest BCUT2D eigenvalue weighted by molar-refractivity contribution is 6.19. The summed E-state index contributed by atoms with van der Waals surface area (Å²) < 4.78 is 2.33. The van der Waals surface area contributed by atoms with Gasteiger partial charge in [0.2, 0.25) is 0 Å². The van der Waals surface area contributed by atoms with Crippen LogP contribution in [0.2, 0.25) is 0 Å². The predicted molar refractivity (Wildman–Crippen MR) is 268 cm³/mol. The van der Waals surface area contributed by atoms with Crippen LogP contribution in [0.1, 0.15) is 0 Å². The molecule has 7 heterocycles. The Kier molecular flexibility index (Phi) is 8.70. The molecule has 0 aliphatic carbocycles. The molecule has 0 amide bonds. The number of hydrogen-bond acceptors (Lipinski definition) is 6. The maximum Gasteiger partial charge on any atom is 0.138 e. The first-order valence-corrected chi connectivity index (χ1v) is 22.0. The zero-order chi connectivity index (χ0) is 43.6. The van der Waals surface area contributed by atoms with E-state index in [9.17, 15) is 0 Å². The molecule has 7 heteroatoms. The summed E-state index contributed by atoms with van der Waals surface area (Å²) in [5.41, 5.74) is 16.5. The predicted octanol–water partition coefficient (Wildman–Crippen LogP) is 14.7. The highest BCUT2D eigenvalue weighted by Gasteiger charge is 2.30. The fraction of sp³-hybridized carbons (Fsp3) is 0. The smallest absolute Gasteiger partial charge is 0.138 e. The maximum atomic E-state index is 5.53. The Bertz CT molecular complexity index is 3680. The van der Waals surface area contributed by atoms with Crippen LogP contribution in [0.25, 0.3) is 105 Å². The van der Waals surface area contributed by atoms with E-state index in [1.807, 2.05) is 55.2 Å². The largest absolute Gasteiger partial charge is 0.294 e. The lowest BCUT2D eigenvalue weighted by atomic mass is 9.90. The molecule has 7 nitrogen and oxygen atoms in total. The van der Waals surface area contributed by atoms with Gasteiger partial charge in [-0.3, -0.25) is 24.4 Å². The number of hydrogen-bond donors (Lipinski definition) is 0. The number of aromatic nitrogens is 6. The Morgan fingerprint density at radius 2 is 0.924 bits per heavy atom. The minimum atomic E-state index is 0.788. The lowest BCUT2D eigenvalue weighted by Crippen LogP contribution is -2.17. The zero-order valence-corrected chi connectivity index (χ0v) is 35.5. The van der Waals surface area contributed by atoms with Crippen LogP contribution in [0.15, 0.2) is 225 Å². The van der Waals surface area contributed by atoms with E-state index < -0.39 is 0 Å². The van der Waals surface area contributed by atoms with Gasteiger partial charge >= 0.3 is 0 Å². The second-order valence-electron chi connectivity index (χ2n) is 16.6. The van der Waals surface area contributed by atoms with Crippen LogP contribution in [0.3, 0.4) is 0 Å². The summed E-state index contributed by atoms with van der Waals surface area (Å²) in [4.78, 5) is 26.9. The van der Waals surface area contributed by atoms with Gasteiger partial charge in [0.15, 0.2) is 0 Å². The SMILES string of the molecule is c1ccc(-c2ccc3c(c2)c2cc4c(cc2n3-c2cc(-c3cccnc3)cc(-c3cccnc3)n2)N(c2cc(-c3cccnc3)cc(-c3ccccc3)n2)c2cccc3cccc-4c23)cc1. The van der Waals surface area contributed by atoms with Crippen LogP contribution in [0.4, 0.5) is 17.2 Å². The molecule has 1 aliphatic heterocycles. The lowest BCUT2D eigenvalue weighted by molar-refractivity contribution is 1.08. The minimum absolute atomic E-state index is 0.788. The van der Waals surface area contributed by atoms with Crippen molar-refractivity contribution in [1.82, 2.24) is 29.5 Å². The average molecular weight is 844 g/mol. The third-order valence-corrected chi connectivity index (χ3v) is 12.7. The van der Waals surface area contributed by atoms with Crippen LogP contribution >= 0.6 is 0 Å². The molecule has 0 atom stereocenters. The van der Waals surface area contributed by atoms with E-state index in [4.69, 9.17) is 9.97 Å². The van der Waals surface area contributed by atoms with Gasteiger partial charge < -0.3 is 0 Å². The van der Waals surface area contributed by atoms with Gasteiger partial charge in [-0.2, -0.15) is 0 Å². The second-order valence-corrected chi connectivity index (χ2v) is 16.6. The third-order valence-electron chi connectivity index (χ3n) is 12.7. The first kappa shape index (κ1) is 37.5. The van der Waals surface area contributed by atoms with E-state index in [1.54, 1.807) is 6.20 Å². The van der Waals surface area contributed by atoms with E-state index in [0.29, 0.717) is 0 Å². The molecule has 6 aromatic heterocycles. The zero-order valence-electron chi connectivity index (χ0n) is 35.5. The summed E-state index contributed by atoms with van der Waals surface area (Å²) >= 11 is 0. The molecule has 13 rings (SSSR count). The Morgan fingerprint density at radius 3 is 1.61 bits per heavy atom. The number of anilines is 3. The molecule has 0 spiro atoms. The van der Waals surface area contributed by atoms with Gasteiger partial charge in [0.1, 0.15) is 11.6 Å². The fourth-order valence-electron chi connectivity index (χ4n) is 9.70. The molecule has 0 N–H and O–H groups in total. The van der Waals surface area contributed by atoms with E-state index in [-0.39, 0.29) is 0 Å². The van der Waals surface area contributed by atoms with Crippen molar-refractivity contribution < 1.29 is 0 Å². The van der Waals surface area contributed by atoms with Crippen molar-refractivity contribution in [2.24, 2.45) is 0 Å². The van der Waals surface area contributed by atoms with Gasteiger partial charge in [0, 0.05) is 81.2 Å². The highest BCUT2D eigenvalue weighted by Crippen LogP contribution is 2.53. The van der Waals surface area contributed by atoms with Gasteiger partial charge in [-0.25, -0.2) is 9.97 Å². The number of nitrogens with zero attached hydrogens (tertiary/aromatic N) is 7. The highest BCUT2D eigenvalue weighted by atomic mass is 15.2. The van der Waals surface area contributed by atoms with E-state index in [1.165, 1.54) is 16.3 Å². The van der Waals surface area contributed by atoms with Crippen molar-refractivity contribution in [2.45, 2.75) is 0 Å². The molecule has 0 unspecified atom stereocenters. The van der Waals surface area contributed by atoms with Crippen molar-refractivity contribution in [2.75, 3.05) is 4.90 Å². The Labute approximate surface area is 380 Å². The third kappa shape index (κ3) is 6.25. The van der Waals surface area contributed by atoms with Crippen molar-refractivity contribution in [3.05, 3.63) is 225 Å². The van der Waals surface area contributed by atoms with Crippen LogP contribution in [-0.2, 0) is 0 Å². The molecule has 308 valence electrons. The first-order valence-electron chi connectivity index (χ1n) is 22.0. The molecule has 0 bridgehead atoms. The summed E-state index contributed by atoms with van der Waals surface area (Å²) in [5, 5.41) is 4.60. The van der Waals surface area contributed by atoms with Crippen molar-refractivity contribution >= 4 is 49.8 Å². The standard InChI is InChI=1S/C59H37N7/c1-3-12-38(13-4-1)41-23-24-53-48(28-41)50-33-49-47-21-7-16-40-17-8-22-54(59(40)47)66(58-32-45(42-18-9-25-60-35-42)29-51(63-58)39-14-5-2-6-15-39)55(49)34-56(50)65(53)57-31-46(43-19-10-26-61-36-43)30-52(64-57)44-20-11-27-62-37-44/h1-37H. The van der Waals surface area contributed by atoms with Gasteiger partial charge in [-0.05, 0) is 112 Å².